The molecule has 106 valence electrons. The minimum atomic E-state index is -3.60. The summed E-state index contributed by atoms with van der Waals surface area (Å²) in [6, 6.07) is 3.97. The fourth-order valence-corrected chi connectivity index (χ4v) is 4.59. The quantitative estimate of drug-likeness (QED) is 0.838. The second-order valence-corrected chi connectivity index (χ2v) is 7.89. The van der Waals surface area contributed by atoms with Crippen molar-refractivity contribution in [1.82, 2.24) is 4.31 Å². The van der Waals surface area contributed by atoms with E-state index >= 15 is 0 Å². The zero-order chi connectivity index (χ0) is 14.2. The molecular formula is C13H17BrFNO2S. The number of sulfonamides is 1. The Bertz CT molecular complexity index is 574. The van der Waals surface area contributed by atoms with Crippen molar-refractivity contribution < 1.29 is 12.8 Å². The van der Waals surface area contributed by atoms with Gasteiger partial charge in [0.15, 0.2) is 0 Å². The maximum atomic E-state index is 13.5. The highest BCUT2D eigenvalue weighted by Crippen LogP contribution is 2.31. The summed E-state index contributed by atoms with van der Waals surface area (Å²) in [4.78, 5) is 0.0285. The Labute approximate surface area is 122 Å². The van der Waals surface area contributed by atoms with Crippen LogP contribution in [0.15, 0.2) is 27.6 Å². The third-order valence-corrected chi connectivity index (χ3v) is 6.08. The summed E-state index contributed by atoms with van der Waals surface area (Å²) in [6.45, 7) is 4.55. The highest BCUT2D eigenvalue weighted by Gasteiger charge is 2.36. The second kappa shape index (κ2) is 5.50. The van der Waals surface area contributed by atoms with Crippen LogP contribution in [-0.4, -0.2) is 25.3 Å². The van der Waals surface area contributed by atoms with Gasteiger partial charge in [0.25, 0.3) is 0 Å². The van der Waals surface area contributed by atoms with Gasteiger partial charge in [-0.2, -0.15) is 4.31 Å². The van der Waals surface area contributed by atoms with Gasteiger partial charge in [0.05, 0.1) is 9.37 Å². The number of benzene rings is 1. The molecule has 2 rings (SSSR count). The van der Waals surface area contributed by atoms with Gasteiger partial charge in [-0.05, 0) is 52.9 Å². The van der Waals surface area contributed by atoms with Crippen LogP contribution in [0.25, 0.3) is 0 Å². The molecule has 1 saturated heterocycles. The summed E-state index contributed by atoms with van der Waals surface area (Å²) < 4.78 is 40.4. The summed E-state index contributed by atoms with van der Waals surface area (Å²) in [6.07, 6.45) is 1.73. The van der Waals surface area contributed by atoms with E-state index in [1.807, 2.05) is 13.8 Å². The van der Waals surface area contributed by atoms with Crippen molar-refractivity contribution in [2.24, 2.45) is 5.92 Å². The van der Waals surface area contributed by atoms with Gasteiger partial charge in [0.1, 0.15) is 5.82 Å². The Hall–Kier alpha value is -0.460. The topological polar surface area (TPSA) is 37.4 Å². The lowest BCUT2D eigenvalue weighted by atomic mass is 10.0. The zero-order valence-corrected chi connectivity index (χ0v) is 13.3. The molecule has 0 radical (unpaired) electrons. The van der Waals surface area contributed by atoms with Gasteiger partial charge in [0.2, 0.25) is 10.0 Å². The van der Waals surface area contributed by atoms with E-state index < -0.39 is 15.8 Å². The minimum absolute atomic E-state index is 0.0108. The largest absolute Gasteiger partial charge is 0.243 e. The van der Waals surface area contributed by atoms with Crippen LogP contribution >= 0.6 is 15.9 Å². The molecule has 19 heavy (non-hydrogen) atoms. The molecule has 1 unspecified atom stereocenters. The number of hydrogen-bond acceptors (Lipinski definition) is 2. The van der Waals surface area contributed by atoms with Crippen molar-refractivity contribution in [1.29, 1.82) is 0 Å². The Kier molecular flexibility index (Phi) is 4.32. The normalized spacial score (nSPS) is 21.2. The summed E-state index contributed by atoms with van der Waals surface area (Å²) in [5, 5.41) is 0. The minimum Gasteiger partial charge on any atom is -0.207 e. The predicted octanol–water partition coefficient (Wildman–Crippen LogP) is 3.40. The van der Waals surface area contributed by atoms with Crippen LogP contribution < -0.4 is 0 Å². The molecule has 1 heterocycles. The van der Waals surface area contributed by atoms with Crippen LogP contribution in [0.1, 0.15) is 26.7 Å². The van der Waals surface area contributed by atoms with Gasteiger partial charge >= 0.3 is 0 Å². The van der Waals surface area contributed by atoms with Crippen molar-refractivity contribution in [3.8, 4) is 0 Å². The molecule has 1 aromatic rings. The number of nitrogens with zero attached hydrogens (tertiary/aromatic N) is 1. The van der Waals surface area contributed by atoms with E-state index in [0.717, 1.165) is 18.9 Å². The maximum Gasteiger partial charge on any atom is 0.243 e. The highest BCUT2D eigenvalue weighted by atomic mass is 79.9. The van der Waals surface area contributed by atoms with Gasteiger partial charge in [0, 0.05) is 12.6 Å². The van der Waals surface area contributed by atoms with Gasteiger partial charge < -0.3 is 0 Å². The standard InChI is InChI=1S/C13H17BrFNO2S/c1-9(2)13-4-3-7-16(13)19(17,18)10-5-6-11(14)12(15)8-10/h5-6,8-9,13H,3-4,7H2,1-2H3. The summed E-state index contributed by atoms with van der Waals surface area (Å²) >= 11 is 3.03. The maximum absolute atomic E-state index is 13.5. The van der Waals surface area contributed by atoms with E-state index in [9.17, 15) is 12.8 Å². The lowest BCUT2D eigenvalue weighted by Gasteiger charge is -2.26. The third-order valence-electron chi connectivity index (χ3n) is 3.52. The smallest absolute Gasteiger partial charge is 0.207 e. The molecule has 1 aromatic carbocycles. The van der Waals surface area contributed by atoms with Crippen LogP contribution in [-0.2, 0) is 10.0 Å². The fourth-order valence-electron chi connectivity index (χ4n) is 2.50. The average Bonchev–Trinajstić information content (AvgIpc) is 2.82. The summed E-state index contributed by atoms with van der Waals surface area (Å²) in [5.74, 6) is -0.293. The lowest BCUT2D eigenvalue weighted by molar-refractivity contribution is 0.315. The molecule has 1 fully saturated rings. The molecule has 3 nitrogen and oxygen atoms in total. The molecule has 6 heteroatoms. The number of rotatable bonds is 3. The summed E-state index contributed by atoms with van der Waals surface area (Å²) in [7, 11) is -3.60. The number of halogens is 2. The Morgan fingerprint density at radius 1 is 1.42 bits per heavy atom. The molecule has 0 spiro atoms. The first-order valence-corrected chi connectivity index (χ1v) is 8.54. The first-order valence-electron chi connectivity index (χ1n) is 6.31. The zero-order valence-electron chi connectivity index (χ0n) is 10.9. The Morgan fingerprint density at radius 2 is 2.11 bits per heavy atom. The fraction of sp³-hybridized carbons (Fsp3) is 0.538. The molecule has 0 bridgehead atoms. The molecular weight excluding hydrogens is 333 g/mol. The van der Waals surface area contributed by atoms with Gasteiger partial charge in [-0.1, -0.05) is 13.8 Å². The molecule has 1 aliphatic rings. The van der Waals surface area contributed by atoms with Crippen LogP contribution in [0.3, 0.4) is 0 Å². The van der Waals surface area contributed by atoms with Crippen molar-refractivity contribution in [2.75, 3.05) is 6.54 Å². The van der Waals surface area contributed by atoms with Crippen molar-refractivity contribution in [3.63, 3.8) is 0 Å². The summed E-state index contributed by atoms with van der Waals surface area (Å²) in [5.41, 5.74) is 0. The van der Waals surface area contributed by atoms with Gasteiger partial charge in [-0.3, -0.25) is 0 Å². The SMILES string of the molecule is CC(C)C1CCCN1S(=O)(=O)c1ccc(Br)c(F)c1. The molecule has 0 saturated carbocycles. The highest BCUT2D eigenvalue weighted by molar-refractivity contribution is 9.10. The van der Waals surface area contributed by atoms with Gasteiger partial charge in [-0.15, -0.1) is 0 Å². The molecule has 1 aliphatic heterocycles. The van der Waals surface area contributed by atoms with Crippen LogP contribution in [0.5, 0.6) is 0 Å². The average molecular weight is 350 g/mol. The third kappa shape index (κ3) is 2.85. The number of hydrogen-bond donors (Lipinski definition) is 0. The lowest BCUT2D eigenvalue weighted by Crippen LogP contribution is -2.38. The van der Waals surface area contributed by atoms with Crippen molar-refractivity contribution >= 4 is 26.0 Å². The van der Waals surface area contributed by atoms with Crippen molar-refractivity contribution in [2.45, 2.75) is 37.6 Å². The van der Waals surface area contributed by atoms with E-state index in [2.05, 4.69) is 15.9 Å². The predicted molar refractivity (Wildman–Crippen MR) is 75.9 cm³/mol. The molecule has 0 amide bonds. The first-order chi connectivity index (χ1) is 8.84. The van der Waals surface area contributed by atoms with Crippen LogP contribution in [0.4, 0.5) is 4.39 Å². The molecule has 0 aromatic heterocycles. The van der Waals surface area contributed by atoms with Crippen molar-refractivity contribution in [3.05, 3.63) is 28.5 Å². The Balaban J connectivity index is 2.39. The van der Waals surface area contributed by atoms with E-state index in [-0.39, 0.29) is 21.3 Å². The van der Waals surface area contributed by atoms with Gasteiger partial charge in [-0.25, -0.2) is 12.8 Å². The van der Waals surface area contributed by atoms with E-state index in [1.165, 1.54) is 16.4 Å². The van der Waals surface area contributed by atoms with E-state index in [0.29, 0.717) is 6.54 Å². The van der Waals surface area contributed by atoms with Crippen LogP contribution in [0, 0.1) is 11.7 Å². The van der Waals surface area contributed by atoms with Crippen LogP contribution in [0.2, 0.25) is 0 Å². The first kappa shape index (κ1) is 14.9. The molecule has 0 aliphatic carbocycles. The van der Waals surface area contributed by atoms with E-state index in [4.69, 9.17) is 0 Å². The molecule has 1 atom stereocenters. The molecule has 0 N–H and O–H groups in total. The second-order valence-electron chi connectivity index (χ2n) is 5.15. The van der Waals surface area contributed by atoms with E-state index in [1.54, 1.807) is 0 Å². The monoisotopic (exact) mass is 349 g/mol. The Morgan fingerprint density at radius 3 is 2.68 bits per heavy atom.